The average molecular weight is 305 g/mol. The number of methoxy groups -OCH3 is 1. The summed E-state index contributed by atoms with van der Waals surface area (Å²) in [6.07, 6.45) is 0.464. The molecule has 0 aliphatic carbocycles. The Balaban J connectivity index is 2.37. The molecule has 3 amide bonds. The summed E-state index contributed by atoms with van der Waals surface area (Å²) >= 11 is 0. The fourth-order valence-corrected chi connectivity index (χ4v) is 2.69. The number of carbonyl (C=O) groups excluding carboxylic acids is 2. The second-order valence-electron chi connectivity index (χ2n) is 6.30. The van der Waals surface area contributed by atoms with E-state index in [4.69, 9.17) is 10.5 Å². The van der Waals surface area contributed by atoms with E-state index < -0.39 is 17.1 Å². The van der Waals surface area contributed by atoms with Crippen LogP contribution in [0.1, 0.15) is 32.8 Å². The second-order valence-corrected chi connectivity index (χ2v) is 6.30. The highest BCUT2D eigenvalue weighted by Gasteiger charge is 2.51. The van der Waals surface area contributed by atoms with E-state index in [1.165, 1.54) is 4.90 Å². The van der Waals surface area contributed by atoms with Gasteiger partial charge in [0.25, 0.3) is 5.91 Å². The van der Waals surface area contributed by atoms with E-state index in [0.717, 1.165) is 5.56 Å². The standard InChI is InChI=1S/C16H23N3O3/c1-5-16(11-6-8-12(22-4)9-7-11)13(20)19(14(21)18-16)10-15(2,3)17/h6-9H,5,10,17H2,1-4H3,(H,18,21). The Morgan fingerprint density at radius 3 is 2.32 bits per heavy atom. The van der Waals surface area contributed by atoms with Crippen molar-refractivity contribution < 1.29 is 14.3 Å². The van der Waals surface area contributed by atoms with Gasteiger partial charge in [-0.25, -0.2) is 4.79 Å². The molecule has 6 heteroatoms. The predicted octanol–water partition coefficient (Wildman–Crippen LogP) is 1.59. The molecule has 1 unspecified atom stereocenters. The molecule has 22 heavy (non-hydrogen) atoms. The van der Waals surface area contributed by atoms with Crippen LogP contribution in [0.2, 0.25) is 0 Å². The fraction of sp³-hybridized carbons (Fsp3) is 0.500. The first-order valence-electron chi connectivity index (χ1n) is 7.31. The van der Waals surface area contributed by atoms with Crippen molar-refractivity contribution in [1.82, 2.24) is 10.2 Å². The van der Waals surface area contributed by atoms with E-state index in [1.807, 2.05) is 6.92 Å². The van der Waals surface area contributed by atoms with Gasteiger partial charge in [-0.3, -0.25) is 9.69 Å². The van der Waals surface area contributed by atoms with Crippen molar-refractivity contribution in [3.63, 3.8) is 0 Å². The third-order valence-electron chi connectivity index (χ3n) is 3.85. The minimum atomic E-state index is -1.03. The van der Waals surface area contributed by atoms with Gasteiger partial charge in [0.1, 0.15) is 11.3 Å². The van der Waals surface area contributed by atoms with Gasteiger partial charge in [-0.15, -0.1) is 0 Å². The SMILES string of the molecule is CCC1(c2ccc(OC)cc2)NC(=O)N(CC(C)(C)N)C1=O. The molecule has 3 N–H and O–H groups in total. The fourth-order valence-electron chi connectivity index (χ4n) is 2.69. The first-order valence-corrected chi connectivity index (χ1v) is 7.31. The minimum absolute atomic E-state index is 0.176. The zero-order valence-corrected chi connectivity index (χ0v) is 13.5. The van der Waals surface area contributed by atoms with Crippen molar-refractivity contribution >= 4 is 11.9 Å². The van der Waals surface area contributed by atoms with E-state index in [1.54, 1.807) is 45.2 Å². The summed E-state index contributed by atoms with van der Waals surface area (Å²) in [7, 11) is 1.58. The van der Waals surface area contributed by atoms with E-state index >= 15 is 0 Å². The van der Waals surface area contributed by atoms with Gasteiger partial charge in [-0.2, -0.15) is 0 Å². The third kappa shape index (κ3) is 2.78. The lowest BCUT2D eigenvalue weighted by atomic mass is 9.87. The zero-order chi connectivity index (χ0) is 16.5. The summed E-state index contributed by atoms with van der Waals surface area (Å²) in [5, 5.41) is 2.83. The lowest BCUT2D eigenvalue weighted by molar-refractivity contribution is -0.132. The number of hydrogen-bond acceptors (Lipinski definition) is 4. The van der Waals surface area contributed by atoms with Gasteiger partial charge in [-0.05, 0) is 38.0 Å². The molecule has 1 aliphatic heterocycles. The minimum Gasteiger partial charge on any atom is -0.497 e. The van der Waals surface area contributed by atoms with Crippen molar-refractivity contribution in [3.8, 4) is 5.75 Å². The van der Waals surface area contributed by atoms with E-state index in [9.17, 15) is 9.59 Å². The number of rotatable bonds is 5. The summed E-state index contributed by atoms with van der Waals surface area (Å²) < 4.78 is 5.13. The number of carbonyl (C=O) groups is 2. The number of nitrogens with zero attached hydrogens (tertiary/aromatic N) is 1. The number of benzene rings is 1. The predicted molar refractivity (Wildman–Crippen MR) is 83.5 cm³/mol. The van der Waals surface area contributed by atoms with Crippen LogP contribution in [-0.4, -0.2) is 36.0 Å². The molecule has 1 aromatic rings. The molecule has 0 saturated carbocycles. The summed E-state index contributed by atoms with van der Waals surface area (Å²) in [5.41, 5.74) is 5.02. The molecular formula is C16H23N3O3. The first kappa shape index (κ1) is 16.3. The van der Waals surface area contributed by atoms with Crippen molar-refractivity contribution in [3.05, 3.63) is 29.8 Å². The van der Waals surface area contributed by atoms with E-state index in [-0.39, 0.29) is 12.5 Å². The second kappa shape index (κ2) is 5.61. The third-order valence-corrected chi connectivity index (χ3v) is 3.85. The number of urea groups is 1. The maximum atomic E-state index is 12.9. The normalized spacial score (nSPS) is 22.0. The molecule has 1 saturated heterocycles. The number of imide groups is 1. The van der Waals surface area contributed by atoms with Gasteiger partial charge in [0.05, 0.1) is 7.11 Å². The van der Waals surface area contributed by atoms with Gasteiger partial charge in [0, 0.05) is 12.1 Å². The van der Waals surface area contributed by atoms with Crippen LogP contribution in [0.3, 0.4) is 0 Å². The molecular weight excluding hydrogens is 282 g/mol. The zero-order valence-electron chi connectivity index (χ0n) is 13.5. The van der Waals surface area contributed by atoms with Crippen LogP contribution in [0, 0.1) is 0 Å². The maximum absolute atomic E-state index is 12.9. The molecule has 0 aromatic heterocycles. The molecule has 0 radical (unpaired) electrons. The van der Waals surface area contributed by atoms with Crippen molar-refractivity contribution in [1.29, 1.82) is 0 Å². The molecule has 6 nitrogen and oxygen atoms in total. The lowest BCUT2D eigenvalue weighted by Crippen LogP contribution is -2.49. The van der Waals surface area contributed by atoms with Crippen LogP contribution in [0.5, 0.6) is 5.75 Å². The van der Waals surface area contributed by atoms with Crippen LogP contribution >= 0.6 is 0 Å². The largest absolute Gasteiger partial charge is 0.497 e. The summed E-state index contributed by atoms with van der Waals surface area (Å²) in [5.74, 6) is 0.440. The smallest absolute Gasteiger partial charge is 0.325 e. The van der Waals surface area contributed by atoms with Crippen LogP contribution in [-0.2, 0) is 10.3 Å². The highest BCUT2D eigenvalue weighted by Crippen LogP contribution is 2.33. The van der Waals surface area contributed by atoms with Crippen LogP contribution in [0.25, 0.3) is 0 Å². The number of nitrogens with two attached hydrogens (primary N) is 1. The Morgan fingerprint density at radius 1 is 1.27 bits per heavy atom. The summed E-state index contributed by atoms with van der Waals surface area (Å²) in [6.45, 7) is 5.62. The Morgan fingerprint density at radius 2 is 1.86 bits per heavy atom. The maximum Gasteiger partial charge on any atom is 0.325 e. The Kier molecular flexibility index (Phi) is 4.15. The average Bonchev–Trinajstić information content (AvgIpc) is 2.71. The highest BCUT2D eigenvalue weighted by atomic mass is 16.5. The Labute approximate surface area is 130 Å². The molecule has 1 aliphatic rings. The quantitative estimate of drug-likeness (QED) is 0.809. The molecule has 1 heterocycles. The molecule has 1 fully saturated rings. The van der Waals surface area contributed by atoms with Gasteiger partial charge in [0.15, 0.2) is 0 Å². The van der Waals surface area contributed by atoms with Gasteiger partial charge in [0.2, 0.25) is 0 Å². The van der Waals surface area contributed by atoms with Gasteiger partial charge in [-0.1, -0.05) is 19.1 Å². The van der Waals surface area contributed by atoms with E-state index in [0.29, 0.717) is 12.2 Å². The number of nitrogens with one attached hydrogen (secondary N) is 1. The van der Waals surface area contributed by atoms with Gasteiger partial charge < -0.3 is 15.8 Å². The molecule has 0 bridgehead atoms. The van der Waals surface area contributed by atoms with E-state index in [2.05, 4.69) is 5.32 Å². The van der Waals surface area contributed by atoms with Crippen LogP contribution < -0.4 is 15.8 Å². The van der Waals surface area contributed by atoms with Gasteiger partial charge >= 0.3 is 6.03 Å². The van der Waals surface area contributed by atoms with Crippen molar-refractivity contribution in [2.75, 3.05) is 13.7 Å². The van der Waals surface area contributed by atoms with Crippen molar-refractivity contribution in [2.24, 2.45) is 5.73 Å². The van der Waals surface area contributed by atoms with Crippen molar-refractivity contribution in [2.45, 2.75) is 38.3 Å². The molecule has 2 rings (SSSR count). The molecule has 120 valence electrons. The number of amides is 3. The topological polar surface area (TPSA) is 84.7 Å². The monoisotopic (exact) mass is 305 g/mol. The Hall–Kier alpha value is -2.08. The molecule has 1 aromatic carbocycles. The number of hydrogen-bond donors (Lipinski definition) is 2. The Bertz CT molecular complexity index is 577. The highest BCUT2D eigenvalue weighted by molar-refractivity contribution is 6.07. The van der Waals surface area contributed by atoms with Crippen LogP contribution in [0.15, 0.2) is 24.3 Å². The summed E-state index contributed by atoms with van der Waals surface area (Å²) in [6, 6.07) is 6.76. The summed E-state index contributed by atoms with van der Waals surface area (Å²) in [4.78, 5) is 26.3. The number of ether oxygens (including phenoxy) is 1. The van der Waals surface area contributed by atoms with Crippen LogP contribution in [0.4, 0.5) is 4.79 Å². The molecule has 0 spiro atoms. The first-order chi connectivity index (χ1) is 10.2. The lowest BCUT2D eigenvalue weighted by Gasteiger charge is -2.28. The molecule has 1 atom stereocenters.